The Morgan fingerprint density at radius 1 is 1.41 bits per heavy atom. The van der Waals surface area contributed by atoms with Crippen molar-refractivity contribution in [1.82, 2.24) is 9.97 Å². The highest BCUT2D eigenvalue weighted by molar-refractivity contribution is 5.85. The Hall–Kier alpha value is -1.65. The fourth-order valence-corrected chi connectivity index (χ4v) is 2.26. The van der Waals surface area contributed by atoms with E-state index in [0.29, 0.717) is 17.8 Å². The molecule has 1 heterocycles. The largest absolute Gasteiger partial charge is 0.476 e. The molecule has 5 nitrogen and oxygen atoms in total. The first-order chi connectivity index (χ1) is 8.16. The molecule has 2 N–H and O–H groups in total. The van der Waals surface area contributed by atoms with E-state index >= 15 is 0 Å². The molecule has 2 rings (SSSR count). The number of carboxylic acids is 1. The quantitative estimate of drug-likeness (QED) is 0.839. The maximum atomic E-state index is 10.8. The standard InChI is InChI=1S/C12H17N3O2/c1-8-4-2-3-5-9(8)14-11-7-13-6-10(15-11)12(16)17/h6-9H,2-5H2,1H3,(H,14,15)(H,16,17). The Morgan fingerprint density at radius 2 is 2.18 bits per heavy atom. The van der Waals surface area contributed by atoms with Crippen LogP contribution >= 0.6 is 0 Å². The molecule has 1 aliphatic rings. The van der Waals surface area contributed by atoms with E-state index < -0.39 is 5.97 Å². The minimum Gasteiger partial charge on any atom is -0.476 e. The summed E-state index contributed by atoms with van der Waals surface area (Å²) in [6.45, 7) is 2.21. The predicted octanol–water partition coefficient (Wildman–Crippen LogP) is 2.17. The zero-order valence-electron chi connectivity index (χ0n) is 9.89. The smallest absolute Gasteiger partial charge is 0.356 e. The lowest BCUT2D eigenvalue weighted by Crippen LogP contribution is -2.30. The third-order valence-corrected chi connectivity index (χ3v) is 3.30. The number of carbonyl (C=O) groups is 1. The van der Waals surface area contributed by atoms with Crippen molar-refractivity contribution in [3.05, 3.63) is 18.1 Å². The van der Waals surface area contributed by atoms with Gasteiger partial charge in [-0.2, -0.15) is 0 Å². The lowest BCUT2D eigenvalue weighted by atomic mass is 9.86. The average molecular weight is 235 g/mol. The molecule has 17 heavy (non-hydrogen) atoms. The van der Waals surface area contributed by atoms with Gasteiger partial charge in [0.1, 0.15) is 5.82 Å². The highest BCUT2D eigenvalue weighted by Gasteiger charge is 2.21. The number of rotatable bonds is 3. The van der Waals surface area contributed by atoms with E-state index in [2.05, 4.69) is 22.2 Å². The van der Waals surface area contributed by atoms with E-state index in [0.717, 1.165) is 6.42 Å². The van der Waals surface area contributed by atoms with Crippen LogP contribution in [0.2, 0.25) is 0 Å². The molecule has 2 unspecified atom stereocenters. The molecule has 0 saturated heterocycles. The summed E-state index contributed by atoms with van der Waals surface area (Å²) in [5, 5.41) is 12.1. The van der Waals surface area contributed by atoms with E-state index in [9.17, 15) is 4.79 Å². The molecule has 0 bridgehead atoms. The van der Waals surface area contributed by atoms with Crippen LogP contribution in [0, 0.1) is 5.92 Å². The molecule has 2 atom stereocenters. The molecule has 0 amide bonds. The molecule has 1 aromatic heterocycles. The number of hydrogen-bond donors (Lipinski definition) is 2. The van der Waals surface area contributed by atoms with E-state index in [1.165, 1.54) is 25.5 Å². The Morgan fingerprint density at radius 3 is 2.88 bits per heavy atom. The molecule has 1 saturated carbocycles. The average Bonchev–Trinajstić information content (AvgIpc) is 2.32. The fraction of sp³-hybridized carbons (Fsp3) is 0.583. The summed E-state index contributed by atoms with van der Waals surface area (Å²) in [5.41, 5.74) is -0.0153. The van der Waals surface area contributed by atoms with Gasteiger partial charge in [-0.05, 0) is 18.8 Å². The second-order valence-electron chi connectivity index (χ2n) is 4.61. The first-order valence-electron chi connectivity index (χ1n) is 5.98. The molecule has 1 fully saturated rings. The zero-order chi connectivity index (χ0) is 12.3. The van der Waals surface area contributed by atoms with Crippen LogP contribution in [0.3, 0.4) is 0 Å². The van der Waals surface area contributed by atoms with Gasteiger partial charge in [-0.1, -0.05) is 19.8 Å². The monoisotopic (exact) mass is 235 g/mol. The number of anilines is 1. The van der Waals surface area contributed by atoms with Gasteiger partial charge >= 0.3 is 5.97 Å². The molecule has 92 valence electrons. The van der Waals surface area contributed by atoms with Crippen molar-refractivity contribution >= 4 is 11.8 Å². The molecule has 1 aliphatic carbocycles. The van der Waals surface area contributed by atoms with Crippen LogP contribution in [0.4, 0.5) is 5.82 Å². The summed E-state index contributed by atoms with van der Waals surface area (Å²) in [6.07, 6.45) is 7.66. The first kappa shape index (κ1) is 11.8. The summed E-state index contributed by atoms with van der Waals surface area (Å²) in [5.74, 6) is 0.112. The highest BCUT2D eigenvalue weighted by atomic mass is 16.4. The molecule has 0 aromatic carbocycles. The fourth-order valence-electron chi connectivity index (χ4n) is 2.26. The molecule has 1 aromatic rings. The number of aromatic carboxylic acids is 1. The minimum atomic E-state index is -1.04. The van der Waals surface area contributed by atoms with E-state index in [1.807, 2.05) is 0 Å². The Kier molecular flexibility index (Phi) is 3.56. The summed E-state index contributed by atoms with van der Waals surface area (Å²) in [4.78, 5) is 18.7. The van der Waals surface area contributed by atoms with Crippen LogP contribution in [0.1, 0.15) is 43.1 Å². The van der Waals surface area contributed by atoms with Crippen LogP contribution in [-0.2, 0) is 0 Å². The SMILES string of the molecule is CC1CCCCC1Nc1cncc(C(=O)O)n1. The van der Waals surface area contributed by atoms with E-state index in [4.69, 9.17) is 5.11 Å². The van der Waals surface area contributed by atoms with E-state index in [1.54, 1.807) is 6.20 Å². The van der Waals surface area contributed by atoms with Crippen LogP contribution in [0.25, 0.3) is 0 Å². The van der Waals surface area contributed by atoms with Crippen molar-refractivity contribution in [2.75, 3.05) is 5.32 Å². The topological polar surface area (TPSA) is 75.1 Å². The van der Waals surface area contributed by atoms with Gasteiger partial charge in [0, 0.05) is 6.04 Å². The van der Waals surface area contributed by atoms with Crippen molar-refractivity contribution in [2.24, 2.45) is 5.92 Å². The lowest BCUT2D eigenvalue weighted by Gasteiger charge is -2.29. The summed E-state index contributed by atoms with van der Waals surface area (Å²) in [7, 11) is 0. The number of nitrogens with one attached hydrogen (secondary N) is 1. The second-order valence-corrected chi connectivity index (χ2v) is 4.61. The van der Waals surface area contributed by atoms with Crippen molar-refractivity contribution < 1.29 is 9.90 Å². The minimum absolute atomic E-state index is 0.0153. The first-order valence-corrected chi connectivity index (χ1v) is 5.98. The van der Waals surface area contributed by atoms with Crippen LogP contribution < -0.4 is 5.32 Å². The number of carboxylic acid groups (broad SMARTS) is 1. The molecule has 0 spiro atoms. The van der Waals surface area contributed by atoms with Crippen molar-refractivity contribution in [3.63, 3.8) is 0 Å². The Balaban J connectivity index is 2.07. The van der Waals surface area contributed by atoms with Gasteiger partial charge in [0.25, 0.3) is 0 Å². The van der Waals surface area contributed by atoms with Gasteiger partial charge in [0.05, 0.1) is 12.4 Å². The number of aromatic nitrogens is 2. The molecule has 0 radical (unpaired) electrons. The van der Waals surface area contributed by atoms with Crippen LogP contribution in [-0.4, -0.2) is 27.1 Å². The molecule has 0 aliphatic heterocycles. The molecular formula is C12H17N3O2. The van der Waals surface area contributed by atoms with Crippen molar-refractivity contribution in [3.8, 4) is 0 Å². The third-order valence-electron chi connectivity index (χ3n) is 3.30. The van der Waals surface area contributed by atoms with Crippen molar-refractivity contribution in [2.45, 2.75) is 38.6 Å². The van der Waals surface area contributed by atoms with Gasteiger partial charge < -0.3 is 10.4 Å². The Labute approximate surface area is 100 Å². The maximum absolute atomic E-state index is 10.8. The number of nitrogens with zero attached hydrogens (tertiary/aromatic N) is 2. The highest BCUT2D eigenvalue weighted by Crippen LogP contribution is 2.26. The van der Waals surface area contributed by atoms with Gasteiger partial charge in [-0.3, -0.25) is 4.98 Å². The summed E-state index contributed by atoms with van der Waals surface area (Å²) < 4.78 is 0. The van der Waals surface area contributed by atoms with Gasteiger partial charge in [0.2, 0.25) is 0 Å². The third kappa shape index (κ3) is 2.93. The van der Waals surface area contributed by atoms with Crippen LogP contribution in [0.15, 0.2) is 12.4 Å². The van der Waals surface area contributed by atoms with Gasteiger partial charge in [0.15, 0.2) is 5.69 Å². The van der Waals surface area contributed by atoms with E-state index in [-0.39, 0.29) is 5.69 Å². The van der Waals surface area contributed by atoms with Crippen LogP contribution in [0.5, 0.6) is 0 Å². The predicted molar refractivity (Wildman–Crippen MR) is 64.0 cm³/mol. The summed E-state index contributed by atoms with van der Waals surface area (Å²) >= 11 is 0. The molecular weight excluding hydrogens is 218 g/mol. The zero-order valence-corrected chi connectivity index (χ0v) is 9.89. The lowest BCUT2D eigenvalue weighted by molar-refractivity contribution is 0.0690. The second kappa shape index (κ2) is 5.12. The number of hydrogen-bond acceptors (Lipinski definition) is 4. The maximum Gasteiger partial charge on any atom is 0.356 e. The summed E-state index contributed by atoms with van der Waals surface area (Å²) in [6, 6.07) is 0.377. The van der Waals surface area contributed by atoms with Gasteiger partial charge in [-0.15, -0.1) is 0 Å². The van der Waals surface area contributed by atoms with Gasteiger partial charge in [-0.25, -0.2) is 9.78 Å². The van der Waals surface area contributed by atoms with Crippen molar-refractivity contribution in [1.29, 1.82) is 0 Å². The molecule has 5 heteroatoms. The normalized spacial score (nSPS) is 24.3. The Bertz CT molecular complexity index is 408.